The van der Waals surface area contributed by atoms with Gasteiger partial charge in [-0.15, -0.1) is 11.3 Å². The van der Waals surface area contributed by atoms with Gasteiger partial charge in [0.05, 0.1) is 18.8 Å². The summed E-state index contributed by atoms with van der Waals surface area (Å²) in [7, 11) is 0. The van der Waals surface area contributed by atoms with E-state index in [0.717, 1.165) is 5.69 Å². The number of carbonyl (C=O) groups excluding carboxylic acids is 2. The number of aromatic nitrogens is 2. The van der Waals surface area contributed by atoms with Gasteiger partial charge in [-0.2, -0.15) is 4.99 Å². The molecule has 0 aliphatic carbocycles. The molecule has 0 spiro atoms. The minimum absolute atomic E-state index is 0.204. The zero-order chi connectivity index (χ0) is 21.6. The normalized spacial score (nSPS) is 11.5. The Labute approximate surface area is 186 Å². The number of hydrogen-bond donors (Lipinski definition) is 1. The molecule has 2 amide bonds. The fraction of sp³-hybridized carbons (Fsp3) is 0.0909. The number of benzene rings is 1. The first kappa shape index (κ1) is 20.8. The van der Waals surface area contributed by atoms with E-state index in [2.05, 4.69) is 15.3 Å². The first-order chi connectivity index (χ1) is 15.1. The molecule has 0 atom stereocenters. The summed E-state index contributed by atoms with van der Waals surface area (Å²) in [4.78, 5) is 33.6. The van der Waals surface area contributed by atoms with Crippen molar-refractivity contribution >= 4 is 34.8 Å². The molecule has 0 saturated carbocycles. The number of nitrogens with one attached hydrogen (secondary N) is 1. The first-order valence-corrected chi connectivity index (χ1v) is 10.6. The van der Waals surface area contributed by atoms with Crippen LogP contribution in [0, 0.1) is 0 Å². The predicted octanol–water partition coefficient (Wildman–Crippen LogP) is 3.91. The highest BCUT2D eigenvalue weighted by molar-refractivity contribution is 7.07. The second kappa shape index (κ2) is 9.55. The van der Waals surface area contributed by atoms with E-state index in [4.69, 9.17) is 16.0 Å². The van der Waals surface area contributed by atoms with Crippen molar-refractivity contribution in [3.05, 3.63) is 105 Å². The number of thiazole rings is 1. The molecule has 0 radical (unpaired) electrons. The van der Waals surface area contributed by atoms with Crippen molar-refractivity contribution in [2.75, 3.05) is 0 Å². The summed E-state index contributed by atoms with van der Waals surface area (Å²) in [5.74, 6) is 0.0642. The van der Waals surface area contributed by atoms with Crippen LogP contribution in [0.5, 0.6) is 0 Å². The summed E-state index contributed by atoms with van der Waals surface area (Å²) in [5, 5.41) is 5.08. The maximum Gasteiger partial charge on any atom is 0.287 e. The van der Waals surface area contributed by atoms with Crippen molar-refractivity contribution in [1.29, 1.82) is 0 Å². The molecule has 0 bridgehead atoms. The standard InChI is InChI=1S/C22H17ClN4O3S/c23-16-5-3-4-15(12-16)20(28)26-22-27(10-11-31-22)14-18-7-8-19(30-18)21(29)25-13-17-6-1-2-9-24-17/h1-12H,13-14H2,(H,25,29). The molecule has 0 fully saturated rings. The van der Waals surface area contributed by atoms with E-state index in [1.54, 1.807) is 53.4 Å². The average molecular weight is 453 g/mol. The molecule has 0 saturated heterocycles. The monoisotopic (exact) mass is 452 g/mol. The van der Waals surface area contributed by atoms with Gasteiger partial charge in [0, 0.05) is 28.4 Å². The number of halogens is 1. The zero-order valence-electron chi connectivity index (χ0n) is 16.2. The van der Waals surface area contributed by atoms with Crippen LogP contribution in [0.1, 0.15) is 32.4 Å². The summed E-state index contributed by atoms with van der Waals surface area (Å²) in [5.41, 5.74) is 1.17. The van der Waals surface area contributed by atoms with E-state index in [0.29, 0.717) is 34.2 Å². The second-order valence-electron chi connectivity index (χ2n) is 6.51. The van der Waals surface area contributed by atoms with Gasteiger partial charge in [-0.1, -0.05) is 23.7 Å². The van der Waals surface area contributed by atoms with Crippen molar-refractivity contribution < 1.29 is 14.0 Å². The van der Waals surface area contributed by atoms with E-state index in [9.17, 15) is 9.59 Å². The van der Waals surface area contributed by atoms with Crippen LogP contribution >= 0.6 is 22.9 Å². The highest BCUT2D eigenvalue weighted by atomic mass is 35.5. The number of amides is 2. The minimum atomic E-state index is -0.382. The van der Waals surface area contributed by atoms with Crippen LogP contribution in [-0.2, 0) is 13.1 Å². The van der Waals surface area contributed by atoms with E-state index in [1.165, 1.54) is 11.3 Å². The first-order valence-electron chi connectivity index (χ1n) is 9.34. The molecule has 4 aromatic rings. The molecule has 3 heterocycles. The lowest BCUT2D eigenvalue weighted by atomic mass is 10.2. The lowest BCUT2D eigenvalue weighted by Crippen LogP contribution is -2.22. The quantitative estimate of drug-likeness (QED) is 0.480. The van der Waals surface area contributed by atoms with E-state index < -0.39 is 0 Å². The molecule has 0 aliphatic heterocycles. The molecule has 31 heavy (non-hydrogen) atoms. The van der Waals surface area contributed by atoms with Gasteiger partial charge >= 0.3 is 0 Å². The Morgan fingerprint density at radius 3 is 2.87 bits per heavy atom. The van der Waals surface area contributed by atoms with Gasteiger partial charge in [0.1, 0.15) is 5.76 Å². The summed E-state index contributed by atoms with van der Waals surface area (Å²) in [6, 6.07) is 15.5. The molecule has 3 aromatic heterocycles. The number of furan rings is 1. The van der Waals surface area contributed by atoms with Crippen LogP contribution in [0.25, 0.3) is 0 Å². The molecular formula is C22H17ClN4O3S. The number of hydrogen-bond acceptors (Lipinski definition) is 5. The summed E-state index contributed by atoms with van der Waals surface area (Å²) >= 11 is 7.28. The third kappa shape index (κ3) is 5.36. The van der Waals surface area contributed by atoms with Gasteiger partial charge in [-0.05, 0) is 42.5 Å². The van der Waals surface area contributed by atoms with Gasteiger partial charge in [0.2, 0.25) is 0 Å². The molecule has 9 heteroatoms. The smallest absolute Gasteiger partial charge is 0.287 e. The maximum atomic E-state index is 12.4. The molecular weight excluding hydrogens is 436 g/mol. The van der Waals surface area contributed by atoms with E-state index >= 15 is 0 Å². The topological polar surface area (TPSA) is 89.5 Å². The number of rotatable bonds is 6. The predicted molar refractivity (Wildman–Crippen MR) is 117 cm³/mol. The lowest BCUT2D eigenvalue weighted by Gasteiger charge is -2.03. The van der Waals surface area contributed by atoms with Crippen LogP contribution in [0.15, 0.2) is 81.8 Å². The summed E-state index contributed by atoms with van der Waals surface area (Å²) in [6.07, 6.45) is 3.47. The number of carbonyl (C=O) groups is 2. The van der Waals surface area contributed by atoms with Crippen molar-refractivity contribution in [3.63, 3.8) is 0 Å². The number of nitrogens with zero attached hydrogens (tertiary/aromatic N) is 3. The SMILES string of the molecule is O=C(N=c1sccn1Cc1ccc(C(=O)NCc2ccccn2)o1)c1cccc(Cl)c1. The van der Waals surface area contributed by atoms with Crippen molar-refractivity contribution in [2.24, 2.45) is 4.99 Å². The fourth-order valence-corrected chi connectivity index (χ4v) is 3.71. The van der Waals surface area contributed by atoms with Crippen molar-refractivity contribution in [2.45, 2.75) is 13.1 Å². The zero-order valence-corrected chi connectivity index (χ0v) is 17.8. The Hall–Kier alpha value is -3.49. The fourth-order valence-electron chi connectivity index (χ4n) is 2.79. The van der Waals surface area contributed by atoms with Crippen LogP contribution in [0.2, 0.25) is 5.02 Å². The summed E-state index contributed by atoms with van der Waals surface area (Å²) in [6.45, 7) is 0.641. The van der Waals surface area contributed by atoms with Gasteiger partial charge in [-0.3, -0.25) is 14.6 Å². The number of pyridine rings is 1. The molecule has 7 nitrogen and oxygen atoms in total. The van der Waals surface area contributed by atoms with E-state index in [-0.39, 0.29) is 17.6 Å². The molecule has 156 valence electrons. The van der Waals surface area contributed by atoms with Gasteiger partial charge < -0.3 is 14.3 Å². The third-order valence-electron chi connectivity index (χ3n) is 4.30. The third-order valence-corrected chi connectivity index (χ3v) is 5.33. The van der Waals surface area contributed by atoms with Crippen molar-refractivity contribution in [3.8, 4) is 0 Å². The Bertz CT molecular complexity index is 1280. The van der Waals surface area contributed by atoms with Crippen LogP contribution in [-0.4, -0.2) is 21.4 Å². The Balaban J connectivity index is 1.44. The van der Waals surface area contributed by atoms with Gasteiger partial charge in [-0.25, -0.2) is 0 Å². The molecule has 0 unspecified atom stereocenters. The van der Waals surface area contributed by atoms with Gasteiger partial charge in [0.25, 0.3) is 11.8 Å². The maximum absolute atomic E-state index is 12.4. The highest BCUT2D eigenvalue weighted by Gasteiger charge is 2.12. The average Bonchev–Trinajstić information content (AvgIpc) is 3.43. The van der Waals surface area contributed by atoms with Crippen LogP contribution in [0.4, 0.5) is 0 Å². The van der Waals surface area contributed by atoms with Gasteiger partial charge in [0.15, 0.2) is 10.6 Å². The summed E-state index contributed by atoms with van der Waals surface area (Å²) < 4.78 is 7.45. The minimum Gasteiger partial charge on any atom is -0.454 e. The Kier molecular flexibility index (Phi) is 6.40. The molecule has 0 aliphatic rings. The molecule has 1 aromatic carbocycles. The largest absolute Gasteiger partial charge is 0.454 e. The van der Waals surface area contributed by atoms with Crippen LogP contribution in [0.3, 0.4) is 0 Å². The van der Waals surface area contributed by atoms with Crippen LogP contribution < -0.4 is 10.1 Å². The Morgan fingerprint density at radius 1 is 1.16 bits per heavy atom. The Morgan fingerprint density at radius 2 is 2.06 bits per heavy atom. The second-order valence-corrected chi connectivity index (χ2v) is 7.82. The van der Waals surface area contributed by atoms with Crippen molar-refractivity contribution in [1.82, 2.24) is 14.9 Å². The highest BCUT2D eigenvalue weighted by Crippen LogP contribution is 2.12. The van der Waals surface area contributed by atoms with E-state index in [1.807, 2.05) is 23.6 Å². The lowest BCUT2D eigenvalue weighted by molar-refractivity contribution is 0.0920. The molecule has 4 rings (SSSR count). The molecule has 1 N–H and O–H groups in total.